The van der Waals surface area contributed by atoms with Crippen LogP contribution in [0, 0.1) is 0 Å². The Morgan fingerprint density at radius 1 is 1.00 bits per heavy atom. The number of methoxy groups -OCH3 is 1. The molecule has 2 aromatic carbocycles. The quantitative estimate of drug-likeness (QED) is 0.785. The van der Waals surface area contributed by atoms with Crippen LogP contribution in [-0.2, 0) is 11.3 Å². The molecule has 0 spiro atoms. The molecule has 22 heavy (non-hydrogen) atoms. The van der Waals surface area contributed by atoms with Gasteiger partial charge >= 0.3 is 0 Å². The first-order valence-corrected chi connectivity index (χ1v) is 7.87. The molecule has 0 saturated heterocycles. The van der Waals surface area contributed by atoms with Crippen LogP contribution in [0.3, 0.4) is 0 Å². The number of hydrogen-bond acceptors (Lipinski definition) is 2. The lowest BCUT2D eigenvalue weighted by Gasteiger charge is -2.26. The van der Waals surface area contributed by atoms with E-state index < -0.39 is 0 Å². The van der Waals surface area contributed by atoms with E-state index in [9.17, 15) is 0 Å². The largest absolute Gasteiger partial charge is 0.496 e. The Hall–Kier alpha value is -2.06. The van der Waals surface area contributed by atoms with Gasteiger partial charge in [-0.25, -0.2) is 0 Å². The Bertz CT molecular complexity index is 631. The minimum atomic E-state index is 0.144. The van der Waals surface area contributed by atoms with Crippen molar-refractivity contribution in [1.82, 2.24) is 0 Å². The summed E-state index contributed by atoms with van der Waals surface area (Å²) in [6.45, 7) is 0.651. The molecular formula is C20H22O2. The van der Waals surface area contributed by atoms with Crippen molar-refractivity contribution in [2.24, 2.45) is 0 Å². The molecule has 1 aliphatic carbocycles. The summed E-state index contributed by atoms with van der Waals surface area (Å²) < 4.78 is 11.7. The molecule has 0 radical (unpaired) electrons. The lowest BCUT2D eigenvalue weighted by molar-refractivity contribution is 0.0692. The fourth-order valence-corrected chi connectivity index (χ4v) is 2.96. The molecule has 2 aromatic rings. The number of allylic oxidation sites excluding steroid dienone is 1. The highest BCUT2D eigenvalue weighted by Gasteiger charge is 2.22. The van der Waals surface area contributed by atoms with Gasteiger partial charge in [-0.15, -0.1) is 0 Å². The van der Waals surface area contributed by atoms with Gasteiger partial charge in [-0.2, -0.15) is 0 Å². The van der Waals surface area contributed by atoms with Gasteiger partial charge in [0.25, 0.3) is 0 Å². The third kappa shape index (κ3) is 3.40. The first kappa shape index (κ1) is 14.9. The van der Waals surface area contributed by atoms with Crippen LogP contribution in [-0.4, -0.2) is 13.2 Å². The van der Waals surface area contributed by atoms with E-state index in [0.717, 1.165) is 24.2 Å². The van der Waals surface area contributed by atoms with Gasteiger partial charge in [0.05, 0.1) is 19.8 Å². The Morgan fingerprint density at radius 2 is 1.77 bits per heavy atom. The highest BCUT2D eigenvalue weighted by atomic mass is 16.5. The van der Waals surface area contributed by atoms with Crippen molar-refractivity contribution in [2.75, 3.05) is 7.11 Å². The maximum absolute atomic E-state index is 6.21. The predicted octanol–water partition coefficient (Wildman–Crippen LogP) is 4.85. The monoisotopic (exact) mass is 294 g/mol. The van der Waals surface area contributed by atoms with Crippen molar-refractivity contribution in [2.45, 2.75) is 32.0 Å². The Balaban J connectivity index is 1.78. The second-order valence-corrected chi connectivity index (χ2v) is 5.58. The first-order chi connectivity index (χ1) is 10.9. The second kappa shape index (κ2) is 7.28. The maximum atomic E-state index is 6.21. The molecule has 0 heterocycles. The van der Waals surface area contributed by atoms with Crippen molar-refractivity contribution in [1.29, 1.82) is 0 Å². The highest BCUT2D eigenvalue weighted by molar-refractivity contribution is 5.73. The van der Waals surface area contributed by atoms with Crippen LogP contribution in [0.2, 0.25) is 0 Å². The normalized spacial score (nSPS) is 17.9. The predicted molar refractivity (Wildman–Crippen MR) is 89.8 cm³/mol. The van der Waals surface area contributed by atoms with Crippen molar-refractivity contribution in [3.63, 3.8) is 0 Å². The molecule has 114 valence electrons. The zero-order valence-corrected chi connectivity index (χ0v) is 13.0. The Labute approximate surface area is 132 Å². The van der Waals surface area contributed by atoms with Crippen LogP contribution in [0.1, 0.15) is 30.4 Å². The third-order valence-electron chi connectivity index (χ3n) is 4.09. The van der Waals surface area contributed by atoms with Crippen LogP contribution < -0.4 is 4.74 Å². The molecule has 0 aromatic heterocycles. The van der Waals surface area contributed by atoms with Crippen LogP contribution in [0.4, 0.5) is 0 Å². The average molecular weight is 294 g/mol. The summed E-state index contributed by atoms with van der Waals surface area (Å²) in [5.74, 6) is 0.920. The summed E-state index contributed by atoms with van der Waals surface area (Å²) in [5.41, 5.74) is 3.63. The standard InChI is InChI=1S/C20H22O2/c1-21-19-13-7-5-11-17(19)18-12-6-8-14-20(18)22-15-16-9-3-2-4-10-16/h2-5,7,9-13,20H,6,8,14-15H2,1H3/t20-/m0/s1. The maximum Gasteiger partial charge on any atom is 0.126 e. The van der Waals surface area contributed by atoms with E-state index in [1.165, 1.54) is 17.6 Å². The molecule has 1 aliphatic rings. The summed E-state index contributed by atoms with van der Waals surface area (Å²) in [6, 6.07) is 18.5. The van der Waals surface area contributed by atoms with Crippen molar-refractivity contribution in [3.05, 3.63) is 71.8 Å². The third-order valence-corrected chi connectivity index (χ3v) is 4.09. The van der Waals surface area contributed by atoms with Gasteiger partial charge in [0.15, 0.2) is 0 Å². The van der Waals surface area contributed by atoms with E-state index in [0.29, 0.717) is 6.61 Å². The fourth-order valence-electron chi connectivity index (χ4n) is 2.96. The second-order valence-electron chi connectivity index (χ2n) is 5.58. The molecule has 2 heteroatoms. The summed E-state index contributed by atoms with van der Waals surface area (Å²) >= 11 is 0. The molecule has 0 N–H and O–H groups in total. The van der Waals surface area contributed by atoms with Gasteiger partial charge < -0.3 is 9.47 Å². The van der Waals surface area contributed by atoms with E-state index in [1.807, 2.05) is 18.2 Å². The number of benzene rings is 2. The Morgan fingerprint density at radius 3 is 2.59 bits per heavy atom. The molecule has 0 fully saturated rings. The van der Waals surface area contributed by atoms with E-state index in [1.54, 1.807) is 7.11 Å². The van der Waals surface area contributed by atoms with Gasteiger partial charge in [-0.3, -0.25) is 0 Å². The lowest BCUT2D eigenvalue weighted by atomic mass is 9.90. The number of rotatable bonds is 5. The van der Waals surface area contributed by atoms with Crippen LogP contribution in [0.15, 0.2) is 60.7 Å². The van der Waals surface area contributed by atoms with Crippen molar-refractivity contribution >= 4 is 5.57 Å². The van der Waals surface area contributed by atoms with Crippen LogP contribution in [0.5, 0.6) is 5.75 Å². The first-order valence-electron chi connectivity index (χ1n) is 7.87. The molecule has 1 atom stereocenters. The summed E-state index contributed by atoms with van der Waals surface area (Å²) in [7, 11) is 1.72. The molecule has 0 unspecified atom stereocenters. The fraction of sp³-hybridized carbons (Fsp3) is 0.300. The molecule has 0 amide bonds. The number of hydrogen-bond donors (Lipinski definition) is 0. The SMILES string of the molecule is COc1ccccc1C1=CCCC[C@@H]1OCc1ccccc1. The molecule has 2 nitrogen and oxygen atoms in total. The molecule has 0 saturated carbocycles. The topological polar surface area (TPSA) is 18.5 Å². The van der Waals surface area contributed by atoms with Crippen molar-refractivity contribution < 1.29 is 9.47 Å². The minimum absolute atomic E-state index is 0.144. The Kier molecular flexibility index (Phi) is 4.92. The molecule has 3 rings (SSSR count). The van der Waals surface area contributed by atoms with Crippen LogP contribution >= 0.6 is 0 Å². The smallest absolute Gasteiger partial charge is 0.126 e. The minimum Gasteiger partial charge on any atom is -0.496 e. The molecule has 0 bridgehead atoms. The molecule has 0 aliphatic heterocycles. The van der Waals surface area contributed by atoms with Gasteiger partial charge in [0.1, 0.15) is 5.75 Å². The van der Waals surface area contributed by atoms with Gasteiger partial charge in [-0.05, 0) is 36.5 Å². The van der Waals surface area contributed by atoms with Crippen molar-refractivity contribution in [3.8, 4) is 5.75 Å². The van der Waals surface area contributed by atoms with E-state index in [2.05, 4.69) is 42.5 Å². The van der Waals surface area contributed by atoms with Gasteiger partial charge in [0.2, 0.25) is 0 Å². The van der Waals surface area contributed by atoms with Gasteiger partial charge in [0, 0.05) is 5.56 Å². The van der Waals surface area contributed by atoms with E-state index in [4.69, 9.17) is 9.47 Å². The lowest BCUT2D eigenvalue weighted by Crippen LogP contribution is -2.18. The van der Waals surface area contributed by atoms with Gasteiger partial charge in [-0.1, -0.05) is 54.6 Å². The zero-order chi connectivity index (χ0) is 15.2. The summed E-state index contributed by atoms with van der Waals surface area (Å²) in [4.78, 5) is 0. The summed E-state index contributed by atoms with van der Waals surface area (Å²) in [6.07, 6.45) is 5.80. The summed E-state index contributed by atoms with van der Waals surface area (Å²) in [5, 5.41) is 0. The van der Waals surface area contributed by atoms with E-state index in [-0.39, 0.29) is 6.10 Å². The number of para-hydroxylation sites is 1. The van der Waals surface area contributed by atoms with E-state index >= 15 is 0 Å². The average Bonchev–Trinajstić information content (AvgIpc) is 2.61. The van der Waals surface area contributed by atoms with Crippen LogP contribution in [0.25, 0.3) is 5.57 Å². The number of ether oxygens (including phenoxy) is 2. The molecular weight excluding hydrogens is 272 g/mol. The highest BCUT2D eigenvalue weighted by Crippen LogP contribution is 2.35. The zero-order valence-electron chi connectivity index (χ0n) is 13.0.